The zero-order valence-electron chi connectivity index (χ0n) is 15.6. The molecular formula is C21H24N3O3S+. The molecule has 0 bridgehead atoms. The van der Waals surface area contributed by atoms with Crippen molar-refractivity contribution in [2.75, 3.05) is 26.2 Å². The number of hydrogen-bond acceptors (Lipinski definition) is 4. The molecule has 0 unspecified atom stereocenters. The Morgan fingerprint density at radius 2 is 1.61 bits per heavy atom. The third-order valence-corrected chi connectivity index (χ3v) is 6.88. The van der Waals surface area contributed by atoms with Crippen molar-refractivity contribution in [1.82, 2.24) is 9.29 Å². The minimum Gasteiger partial charge on any atom is -0.435 e. The Morgan fingerprint density at radius 3 is 2.29 bits per heavy atom. The minimum absolute atomic E-state index is 0.0589. The van der Waals surface area contributed by atoms with Crippen molar-refractivity contribution in [3.63, 3.8) is 0 Å². The summed E-state index contributed by atoms with van der Waals surface area (Å²) in [4.78, 5) is 5.68. The van der Waals surface area contributed by atoms with Gasteiger partial charge in [-0.2, -0.15) is 4.31 Å². The Balaban J connectivity index is 1.33. The molecule has 4 rings (SSSR count). The van der Waals surface area contributed by atoms with E-state index in [4.69, 9.17) is 4.42 Å². The number of nitrogens with one attached hydrogen (secondary N) is 1. The van der Waals surface area contributed by atoms with E-state index in [1.165, 1.54) is 4.90 Å². The molecule has 6 nitrogen and oxygen atoms in total. The van der Waals surface area contributed by atoms with Gasteiger partial charge in [0.25, 0.3) is 5.89 Å². The molecule has 0 amide bonds. The number of nitrogens with zero attached hydrogens (tertiary/aromatic N) is 2. The number of aromatic nitrogens is 1. The molecule has 146 valence electrons. The van der Waals surface area contributed by atoms with Gasteiger partial charge in [-0.3, -0.25) is 0 Å². The molecule has 28 heavy (non-hydrogen) atoms. The van der Waals surface area contributed by atoms with Crippen LogP contribution in [0.25, 0.3) is 11.3 Å². The second-order valence-electron chi connectivity index (χ2n) is 7.05. The third kappa shape index (κ3) is 4.49. The molecule has 1 fully saturated rings. The molecule has 3 aromatic rings. The summed E-state index contributed by atoms with van der Waals surface area (Å²) in [7, 11) is -3.28. The zero-order chi connectivity index (χ0) is 19.4. The molecule has 1 aromatic heterocycles. The molecule has 1 aliphatic rings. The molecule has 7 heteroatoms. The first kappa shape index (κ1) is 18.9. The maximum atomic E-state index is 12.7. The van der Waals surface area contributed by atoms with Gasteiger partial charge >= 0.3 is 0 Å². The largest absolute Gasteiger partial charge is 0.435 e. The Morgan fingerprint density at radius 1 is 0.964 bits per heavy atom. The summed E-state index contributed by atoms with van der Waals surface area (Å²) in [6, 6.07) is 19.2. The number of quaternary nitrogens is 1. The van der Waals surface area contributed by atoms with E-state index in [-0.39, 0.29) is 5.75 Å². The topological polar surface area (TPSA) is 67.8 Å². The predicted octanol–water partition coefficient (Wildman–Crippen LogP) is 1.57. The molecule has 1 aliphatic heterocycles. The van der Waals surface area contributed by atoms with E-state index in [9.17, 15) is 8.42 Å². The highest BCUT2D eigenvalue weighted by molar-refractivity contribution is 7.88. The molecule has 1 N–H and O–H groups in total. The summed E-state index contributed by atoms with van der Waals surface area (Å²) in [6.45, 7) is 3.21. The van der Waals surface area contributed by atoms with Crippen LogP contribution in [-0.4, -0.2) is 43.9 Å². The molecule has 1 saturated heterocycles. The lowest BCUT2D eigenvalue weighted by Gasteiger charge is -2.30. The second-order valence-corrected chi connectivity index (χ2v) is 9.02. The van der Waals surface area contributed by atoms with E-state index in [2.05, 4.69) is 4.98 Å². The molecule has 0 atom stereocenters. The Bertz CT molecular complexity index is 996. The molecule has 0 aliphatic carbocycles. The van der Waals surface area contributed by atoms with Gasteiger partial charge in [-0.15, -0.1) is 0 Å². The third-order valence-electron chi connectivity index (χ3n) is 5.03. The van der Waals surface area contributed by atoms with Crippen molar-refractivity contribution in [3.05, 3.63) is 78.3 Å². The summed E-state index contributed by atoms with van der Waals surface area (Å²) < 4.78 is 32.8. The lowest BCUT2D eigenvalue weighted by Crippen LogP contribution is -3.13. The van der Waals surface area contributed by atoms with Gasteiger partial charge in [0.05, 0.1) is 38.1 Å². The highest BCUT2D eigenvalue weighted by Crippen LogP contribution is 2.19. The fourth-order valence-corrected chi connectivity index (χ4v) is 5.01. The van der Waals surface area contributed by atoms with Crippen LogP contribution in [0.2, 0.25) is 0 Å². The highest BCUT2D eigenvalue weighted by atomic mass is 32.2. The van der Waals surface area contributed by atoms with E-state index in [1.54, 1.807) is 10.5 Å². The van der Waals surface area contributed by atoms with Crippen molar-refractivity contribution in [3.8, 4) is 11.3 Å². The van der Waals surface area contributed by atoms with Crippen LogP contribution in [0.4, 0.5) is 0 Å². The smallest absolute Gasteiger partial charge is 0.250 e. The molecule has 0 saturated carbocycles. The average Bonchev–Trinajstić information content (AvgIpc) is 3.18. The van der Waals surface area contributed by atoms with Crippen LogP contribution in [0, 0.1) is 0 Å². The van der Waals surface area contributed by atoms with Gasteiger partial charge in [-0.05, 0) is 5.56 Å². The van der Waals surface area contributed by atoms with Crippen LogP contribution in [0.5, 0.6) is 0 Å². The van der Waals surface area contributed by atoms with Gasteiger partial charge in [-0.25, -0.2) is 13.4 Å². The summed E-state index contributed by atoms with van der Waals surface area (Å²) in [5, 5.41) is 0. The van der Waals surface area contributed by atoms with Crippen LogP contribution in [0.3, 0.4) is 0 Å². The molecular weight excluding hydrogens is 374 g/mol. The van der Waals surface area contributed by atoms with Crippen LogP contribution >= 0.6 is 0 Å². The summed E-state index contributed by atoms with van der Waals surface area (Å²) in [5.41, 5.74) is 1.83. The van der Waals surface area contributed by atoms with Crippen LogP contribution in [0.15, 0.2) is 71.3 Å². The first-order chi connectivity index (χ1) is 13.6. The maximum absolute atomic E-state index is 12.7. The first-order valence-corrected chi connectivity index (χ1v) is 11.1. The van der Waals surface area contributed by atoms with Crippen molar-refractivity contribution >= 4 is 10.0 Å². The Kier molecular flexibility index (Phi) is 5.57. The second kappa shape index (κ2) is 8.26. The molecule has 0 spiro atoms. The predicted molar refractivity (Wildman–Crippen MR) is 107 cm³/mol. The number of rotatable bonds is 6. The quantitative estimate of drug-likeness (QED) is 0.685. The van der Waals surface area contributed by atoms with Gasteiger partial charge in [0.1, 0.15) is 0 Å². The SMILES string of the molecule is O=S(=O)(Cc1ccccc1)N1CC[NH+](Cc2ncc(-c3ccccc3)o2)CC1. The van der Waals surface area contributed by atoms with E-state index in [0.717, 1.165) is 30.0 Å². The maximum Gasteiger partial charge on any atom is 0.250 e. The van der Waals surface area contributed by atoms with Gasteiger partial charge < -0.3 is 9.32 Å². The van der Waals surface area contributed by atoms with E-state index >= 15 is 0 Å². The standard InChI is InChI=1S/C21H23N3O3S/c25-28(26,17-18-7-3-1-4-8-18)24-13-11-23(12-14-24)16-21-22-15-20(27-21)19-9-5-2-6-10-19/h1-10,15H,11-14,16-17H2/p+1. The summed E-state index contributed by atoms with van der Waals surface area (Å²) in [5.74, 6) is 1.51. The molecule has 0 radical (unpaired) electrons. The fraction of sp³-hybridized carbons (Fsp3) is 0.286. The number of sulfonamides is 1. The fourth-order valence-electron chi connectivity index (χ4n) is 3.48. The van der Waals surface area contributed by atoms with Crippen molar-refractivity contribution in [2.45, 2.75) is 12.3 Å². The lowest BCUT2D eigenvalue weighted by atomic mass is 10.2. The van der Waals surface area contributed by atoms with Crippen molar-refractivity contribution in [1.29, 1.82) is 0 Å². The lowest BCUT2D eigenvalue weighted by molar-refractivity contribution is -0.918. The summed E-state index contributed by atoms with van der Waals surface area (Å²) in [6.07, 6.45) is 1.75. The molecule has 2 heterocycles. The van der Waals surface area contributed by atoms with Gasteiger partial charge in [0.15, 0.2) is 12.3 Å². The van der Waals surface area contributed by atoms with Crippen molar-refractivity contribution in [2.24, 2.45) is 0 Å². The Hall–Kier alpha value is -2.48. The van der Waals surface area contributed by atoms with Gasteiger partial charge in [-0.1, -0.05) is 60.7 Å². The van der Waals surface area contributed by atoms with Crippen LogP contribution < -0.4 is 4.90 Å². The number of oxazole rings is 1. The van der Waals surface area contributed by atoms with E-state index in [0.29, 0.717) is 25.5 Å². The summed E-state index contributed by atoms with van der Waals surface area (Å²) >= 11 is 0. The normalized spacial score (nSPS) is 16.3. The van der Waals surface area contributed by atoms with Crippen LogP contribution in [0.1, 0.15) is 11.5 Å². The number of benzene rings is 2. The zero-order valence-corrected chi connectivity index (χ0v) is 16.4. The van der Waals surface area contributed by atoms with E-state index < -0.39 is 10.0 Å². The van der Waals surface area contributed by atoms with Crippen molar-refractivity contribution < 1.29 is 17.7 Å². The monoisotopic (exact) mass is 398 g/mol. The Labute approximate surface area is 165 Å². The number of hydrogen-bond donors (Lipinski definition) is 1. The average molecular weight is 399 g/mol. The van der Waals surface area contributed by atoms with Gasteiger partial charge in [0, 0.05) is 5.56 Å². The molecule has 2 aromatic carbocycles. The highest BCUT2D eigenvalue weighted by Gasteiger charge is 2.29. The van der Waals surface area contributed by atoms with E-state index in [1.807, 2.05) is 60.7 Å². The van der Waals surface area contributed by atoms with Gasteiger partial charge in [0.2, 0.25) is 10.0 Å². The number of piperazine rings is 1. The first-order valence-electron chi connectivity index (χ1n) is 9.45. The van der Waals surface area contributed by atoms with Crippen LogP contribution in [-0.2, 0) is 22.3 Å². The minimum atomic E-state index is -3.28.